The van der Waals surface area contributed by atoms with Crippen molar-refractivity contribution in [3.05, 3.63) is 83.9 Å². The first-order valence-electron chi connectivity index (χ1n) is 9.33. The fourth-order valence-electron chi connectivity index (χ4n) is 2.21. The lowest BCUT2D eigenvalue weighted by atomic mass is 10.0. The Hall–Kier alpha value is -2.65. The van der Waals surface area contributed by atoms with Crippen LogP contribution in [0.15, 0.2) is 72.8 Å². The van der Waals surface area contributed by atoms with Crippen molar-refractivity contribution in [2.45, 2.75) is 24.4 Å². The van der Waals surface area contributed by atoms with E-state index in [4.69, 9.17) is 30.6 Å². The lowest BCUT2D eigenvalue weighted by molar-refractivity contribution is -0.123. The highest BCUT2D eigenvalue weighted by Crippen LogP contribution is 2.05. The summed E-state index contributed by atoms with van der Waals surface area (Å²) in [6.07, 6.45) is 0.399. The van der Waals surface area contributed by atoms with Gasteiger partial charge in [-0.1, -0.05) is 72.8 Å². The Morgan fingerprint density at radius 1 is 0.667 bits per heavy atom. The number of benzene rings is 2. The second kappa shape index (κ2) is 14.4. The molecule has 4 atom stereocenters. The number of carbonyl (C=O) groups excluding carboxylic acids is 1. The second-order valence-corrected chi connectivity index (χ2v) is 6.37. The number of allylic oxidation sites excluding steroid dienone is 2. The summed E-state index contributed by atoms with van der Waals surface area (Å²) < 4.78 is 0. The SMILES string of the molecule is O=C(C=Cc1ccccc1)C=Cc1ccccc1.OCC(O)C(O)C(O)C(O)CO. The normalized spacial score (nSPS) is 15.3. The Bertz CT molecular complexity index is 709. The standard InChI is InChI=1S/C17H14O.C6H14O6/c18-17(13-11-15-7-3-1-4-8-15)14-12-16-9-5-2-6-10-16;7-1-3(9)5(11)6(12)4(10)2-8/h1-14H;3-12H,1-2H2. The molecule has 0 heterocycles. The van der Waals surface area contributed by atoms with E-state index in [1.807, 2.05) is 72.8 Å². The molecule has 0 bridgehead atoms. The molecule has 2 aromatic rings. The van der Waals surface area contributed by atoms with Crippen molar-refractivity contribution in [3.63, 3.8) is 0 Å². The molecule has 0 saturated heterocycles. The van der Waals surface area contributed by atoms with Crippen molar-refractivity contribution in [2.24, 2.45) is 0 Å². The zero-order valence-corrected chi connectivity index (χ0v) is 16.4. The molecule has 0 amide bonds. The summed E-state index contributed by atoms with van der Waals surface area (Å²) in [6, 6.07) is 19.6. The van der Waals surface area contributed by atoms with Gasteiger partial charge >= 0.3 is 0 Å². The summed E-state index contributed by atoms with van der Waals surface area (Å²) in [5, 5.41) is 52.2. The highest BCUT2D eigenvalue weighted by molar-refractivity contribution is 6.04. The summed E-state index contributed by atoms with van der Waals surface area (Å²) >= 11 is 0. The van der Waals surface area contributed by atoms with Crippen LogP contribution in [0.4, 0.5) is 0 Å². The second-order valence-electron chi connectivity index (χ2n) is 6.37. The molecule has 0 spiro atoms. The van der Waals surface area contributed by atoms with E-state index in [9.17, 15) is 4.79 Å². The highest BCUT2D eigenvalue weighted by Gasteiger charge is 2.29. The largest absolute Gasteiger partial charge is 0.394 e. The lowest BCUT2D eigenvalue weighted by Gasteiger charge is -2.24. The Morgan fingerprint density at radius 2 is 1.00 bits per heavy atom. The molecule has 0 saturated carbocycles. The molecule has 2 aromatic carbocycles. The van der Waals surface area contributed by atoms with E-state index in [1.165, 1.54) is 0 Å². The molecule has 0 radical (unpaired) electrons. The Labute approximate surface area is 175 Å². The molecule has 4 unspecified atom stereocenters. The monoisotopic (exact) mass is 416 g/mol. The first-order chi connectivity index (χ1) is 14.4. The van der Waals surface area contributed by atoms with Crippen molar-refractivity contribution in [2.75, 3.05) is 13.2 Å². The first-order valence-corrected chi connectivity index (χ1v) is 9.33. The van der Waals surface area contributed by atoms with Crippen molar-refractivity contribution in [1.82, 2.24) is 0 Å². The predicted molar refractivity (Wildman–Crippen MR) is 114 cm³/mol. The van der Waals surface area contributed by atoms with E-state index in [2.05, 4.69) is 0 Å². The van der Waals surface area contributed by atoms with Crippen LogP contribution in [-0.2, 0) is 4.79 Å². The molecule has 7 nitrogen and oxygen atoms in total. The average molecular weight is 416 g/mol. The van der Waals surface area contributed by atoms with Crippen molar-refractivity contribution in [3.8, 4) is 0 Å². The van der Waals surface area contributed by atoms with E-state index < -0.39 is 37.6 Å². The topological polar surface area (TPSA) is 138 Å². The van der Waals surface area contributed by atoms with Crippen molar-refractivity contribution >= 4 is 17.9 Å². The summed E-state index contributed by atoms with van der Waals surface area (Å²) in [4.78, 5) is 11.6. The molecular weight excluding hydrogens is 388 g/mol. The fraction of sp³-hybridized carbons (Fsp3) is 0.261. The van der Waals surface area contributed by atoms with Crippen LogP contribution in [0.5, 0.6) is 0 Å². The summed E-state index contributed by atoms with van der Waals surface area (Å²) in [7, 11) is 0. The summed E-state index contributed by atoms with van der Waals surface area (Å²) in [6.45, 7) is -1.45. The molecule has 0 aliphatic heterocycles. The van der Waals surface area contributed by atoms with E-state index in [1.54, 1.807) is 12.2 Å². The molecule has 2 rings (SSSR count). The Morgan fingerprint density at radius 3 is 1.30 bits per heavy atom. The van der Waals surface area contributed by atoms with Gasteiger partial charge in [0.05, 0.1) is 13.2 Å². The van der Waals surface area contributed by atoms with E-state index in [-0.39, 0.29) is 5.78 Å². The zero-order valence-electron chi connectivity index (χ0n) is 16.4. The number of rotatable bonds is 9. The lowest BCUT2D eigenvalue weighted by Crippen LogP contribution is -2.46. The van der Waals surface area contributed by atoms with Crippen LogP contribution in [0, 0.1) is 0 Å². The number of aliphatic hydroxyl groups is 6. The van der Waals surface area contributed by atoms with Gasteiger partial charge in [-0.05, 0) is 23.3 Å². The minimum absolute atomic E-state index is 0.0114. The van der Waals surface area contributed by atoms with Crippen molar-refractivity contribution < 1.29 is 35.4 Å². The third-order valence-electron chi connectivity index (χ3n) is 3.99. The van der Waals surface area contributed by atoms with Crippen LogP contribution in [0.2, 0.25) is 0 Å². The molecule has 7 heteroatoms. The van der Waals surface area contributed by atoms with Gasteiger partial charge in [-0.3, -0.25) is 4.79 Å². The van der Waals surface area contributed by atoms with Gasteiger partial charge in [-0.25, -0.2) is 0 Å². The molecule has 30 heavy (non-hydrogen) atoms. The predicted octanol–water partition coefficient (Wildman–Crippen LogP) is 0.397. The maximum atomic E-state index is 11.6. The van der Waals surface area contributed by atoms with E-state index in [0.29, 0.717) is 0 Å². The molecule has 162 valence electrons. The van der Waals surface area contributed by atoms with Crippen LogP contribution in [0.25, 0.3) is 12.2 Å². The van der Waals surface area contributed by atoms with Gasteiger partial charge < -0.3 is 30.6 Å². The average Bonchev–Trinajstić information content (AvgIpc) is 2.81. The van der Waals surface area contributed by atoms with Gasteiger partial charge in [-0.15, -0.1) is 0 Å². The Balaban J connectivity index is 0.000000329. The van der Waals surface area contributed by atoms with Gasteiger partial charge in [0.1, 0.15) is 24.4 Å². The van der Waals surface area contributed by atoms with Crippen LogP contribution >= 0.6 is 0 Å². The van der Waals surface area contributed by atoms with Crippen LogP contribution in [0.1, 0.15) is 11.1 Å². The zero-order chi connectivity index (χ0) is 22.4. The van der Waals surface area contributed by atoms with Crippen LogP contribution in [-0.4, -0.2) is 74.1 Å². The first kappa shape index (κ1) is 25.4. The summed E-state index contributed by atoms with van der Waals surface area (Å²) in [5.74, 6) is -0.0114. The highest BCUT2D eigenvalue weighted by atomic mass is 16.4. The van der Waals surface area contributed by atoms with Gasteiger partial charge in [0.2, 0.25) is 0 Å². The third-order valence-corrected chi connectivity index (χ3v) is 3.99. The van der Waals surface area contributed by atoms with Gasteiger partial charge in [0.15, 0.2) is 5.78 Å². The van der Waals surface area contributed by atoms with Gasteiger partial charge in [0, 0.05) is 0 Å². The number of hydrogen-bond acceptors (Lipinski definition) is 7. The van der Waals surface area contributed by atoms with E-state index in [0.717, 1.165) is 11.1 Å². The maximum Gasteiger partial charge on any atom is 0.178 e. The number of ketones is 1. The maximum absolute atomic E-state index is 11.6. The molecule has 0 aliphatic carbocycles. The molecule has 0 fully saturated rings. The minimum Gasteiger partial charge on any atom is -0.394 e. The quantitative estimate of drug-likeness (QED) is 0.325. The van der Waals surface area contributed by atoms with Gasteiger partial charge in [0.25, 0.3) is 0 Å². The summed E-state index contributed by atoms with van der Waals surface area (Å²) in [5.41, 5.74) is 2.05. The smallest absolute Gasteiger partial charge is 0.178 e. The minimum atomic E-state index is -1.67. The number of hydrogen-bond donors (Lipinski definition) is 6. The Kier molecular flexibility index (Phi) is 12.1. The number of carbonyl (C=O) groups is 1. The molecule has 0 aliphatic rings. The van der Waals surface area contributed by atoms with Crippen molar-refractivity contribution in [1.29, 1.82) is 0 Å². The number of aliphatic hydroxyl groups excluding tert-OH is 6. The fourth-order valence-corrected chi connectivity index (χ4v) is 2.21. The van der Waals surface area contributed by atoms with Crippen LogP contribution < -0.4 is 0 Å². The third kappa shape index (κ3) is 9.71. The molecule has 0 aromatic heterocycles. The van der Waals surface area contributed by atoms with E-state index >= 15 is 0 Å². The van der Waals surface area contributed by atoms with Gasteiger partial charge in [-0.2, -0.15) is 0 Å². The molecule has 6 N–H and O–H groups in total. The van der Waals surface area contributed by atoms with Crippen LogP contribution in [0.3, 0.4) is 0 Å². The molecular formula is C23H28O7.